The van der Waals surface area contributed by atoms with Crippen molar-refractivity contribution >= 4 is 26.1 Å². The van der Waals surface area contributed by atoms with Crippen molar-refractivity contribution in [3.63, 3.8) is 0 Å². The minimum atomic E-state index is -4.89. The standard InChI is InChI=1S/C42H35NO11S2/c43-38(44)23-54-42-34-13-27(25-9-5-2-6-10-25)14-35(42)18-33-22-37(56(51,52)53)21-32(41(33)47)16-31-20-36(55(48,49)50)19-30(40(31)46)15-28-11-26(12-29(17-34)39(28)45)24-7-3-1-4-8-24/h1-14,19-22,45-47H,15-18,23H2,(H2,43,44)(H,48,49,50)(H,51,52,53). The Hall–Kier alpha value is -6.19. The van der Waals surface area contributed by atoms with Gasteiger partial charge in [-0.1, -0.05) is 60.7 Å². The van der Waals surface area contributed by atoms with Crippen molar-refractivity contribution in [3.05, 3.63) is 154 Å². The molecule has 14 heteroatoms. The molecular formula is C42H35NO11S2. The van der Waals surface area contributed by atoms with E-state index < -0.39 is 60.5 Å². The predicted octanol–water partition coefficient (Wildman–Crippen LogP) is 6.17. The highest BCUT2D eigenvalue weighted by Crippen LogP contribution is 2.42. The first-order valence-electron chi connectivity index (χ1n) is 17.2. The zero-order valence-corrected chi connectivity index (χ0v) is 31.1. The second-order valence-electron chi connectivity index (χ2n) is 13.6. The van der Waals surface area contributed by atoms with Crippen LogP contribution in [0, 0.1) is 0 Å². The SMILES string of the molecule is NC(=O)COc1c2cc(-c3ccccc3)cc1Cc1cc(S(=O)(=O)O)cc(c1O)Cc1cc(S(=O)(=O)O)cc(c1O)Cc1cc(-c3ccccc3)cc(c1O)C2. The Morgan fingerprint density at radius 3 is 1.12 bits per heavy atom. The van der Waals surface area contributed by atoms with Crippen molar-refractivity contribution in [2.45, 2.75) is 35.5 Å². The Labute approximate surface area is 322 Å². The number of carbonyl (C=O) groups is 1. The topological polar surface area (TPSA) is 222 Å². The van der Waals surface area contributed by atoms with E-state index in [0.717, 1.165) is 35.4 Å². The fraction of sp³-hybridized carbons (Fsp3) is 0.119. The van der Waals surface area contributed by atoms with E-state index in [9.17, 15) is 46.1 Å². The molecule has 286 valence electrons. The number of rotatable bonds is 7. The first kappa shape index (κ1) is 38.1. The average Bonchev–Trinajstić information content (AvgIpc) is 3.15. The summed E-state index contributed by atoms with van der Waals surface area (Å²) in [6.07, 6.45) is -0.949. The molecule has 7 rings (SSSR count). The van der Waals surface area contributed by atoms with E-state index >= 15 is 0 Å². The van der Waals surface area contributed by atoms with Crippen LogP contribution in [0.2, 0.25) is 0 Å². The molecule has 8 bridgehead atoms. The summed E-state index contributed by atoms with van der Waals surface area (Å²) in [7, 11) is -9.76. The molecule has 0 aliphatic heterocycles. The van der Waals surface area contributed by atoms with Gasteiger partial charge in [-0.15, -0.1) is 0 Å². The Morgan fingerprint density at radius 1 is 0.500 bits per heavy atom. The van der Waals surface area contributed by atoms with Gasteiger partial charge in [0.1, 0.15) is 23.0 Å². The number of hydrogen-bond donors (Lipinski definition) is 6. The molecule has 0 radical (unpaired) electrons. The number of fused-ring (bicyclic) bond motifs is 8. The lowest BCUT2D eigenvalue weighted by atomic mass is 9.88. The minimum absolute atomic E-state index is 0.00808. The average molecular weight is 794 g/mol. The summed E-state index contributed by atoms with van der Waals surface area (Å²) in [5.41, 5.74) is 9.72. The first-order chi connectivity index (χ1) is 26.5. The van der Waals surface area contributed by atoms with Crippen LogP contribution in [0.15, 0.2) is 119 Å². The van der Waals surface area contributed by atoms with Gasteiger partial charge in [0.2, 0.25) is 0 Å². The van der Waals surface area contributed by atoms with E-state index in [4.69, 9.17) is 10.5 Å². The largest absolute Gasteiger partial charge is 0.507 e. The summed E-state index contributed by atoms with van der Waals surface area (Å²) < 4.78 is 76.7. The molecule has 0 saturated carbocycles. The number of aromatic hydroxyl groups is 3. The van der Waals surface area contributed by atoms with Crippen LogP contribution in [0.4, 0.5) is 0 Å². The van der Waals surface area contributed by atoms with Crippen molar-refractivity contribution in [1.29, 1.82) is 0 Å². The smallest absolute Gasteiger partial charge is 0.294 e. The molecule has 56 heavy (non-hydrogen) atoms. The van der Waals surface area contributed by atoms with Gasteiger partial charge in [0, 0.05) is 47.9 Å². The van der Waals surface area contributed by atoms with Gasteiger partial charge < -0.3 is 25.8 Å². The molecule has 1 aliphatic rings. The van der Waals surface area contributed by atoms with Crippen LogP contribution in [0.3, 0.4) is 0 Å². The monoisotopic (exact) mass is 793 g/mol. The molecular weight excluding hydrogens is 759 g/mol. The van der Waals surface area contributed by atoms with Crippen LogP contribution in [0.25, 0.3) is 22.3 Å². The molecule has 1 amide bonds. The molecule has 6 aromatic rings. The van der Waals surface area contributed by atoms with Crippen LogP contribution in [0.1, 0.15) is 44.5 Å². The van der Waals surface area contributed by atoms with Crippen LogP contribution in [-0.2, 0) is 50.7 Å². The van der Waals surface area contributed by atoms with Crippen LogP contribution in [0.5, 0.6) is 23.0 Å². The second kappa shape index (κ2) is 14.8. The molecule has 12 nitrogen and oxygen atoms in total. The van der Waals surface area contributed by atoms with Crippen molar-refractivity contribution in [3.8, 4) is 45.3 Å². The summed E-state index contributed by atoms with van der Waals surface area (Å²) >= 11 is 0. The lowest BCUT2D eigenvalue weighted by Crippen LogP contribution is -2.21. The Kier molecular flexibility index (Phi) is 10.1. The highest BCUT2D eigenvalue weighted by Gasteiger charge is 2.26. The van der Waals surface area contributed by atoms with Gasteiger partial charge in [-0.3, -0.25) is 13.9 Å². The summed E-state index contributed by atoms with van der Waals surface area (Å²) in [6, 6.07) is 29.7. The molecule has 6 aromatic carbocycles. The lowest BCUT2D eigenvalue weighted by molar-refractivity contribution is -0.119. The van der Waals surface area contributed by atoms with Crippen molar-refractivity contribution in [2.75, 3.05) is 6.61 Å². The normalized spacial score (nSPS) is 12.9. The minimum Gasteiger partial charge on any atom is -0.507 e. The number of carbonyl (C=O) groups excluding carboxylic acids is 1. The fourth-order valence-corrected chi connectivity index (χ4v) is 8.25. The summed E-state index contributed by atoms with van der Waals surface area (Å²) in [6.45, 7) is -0.543. The van der Waals surface area contributed by atoms with E-state index in [1.165, 1.54) is 0 Å². The maximum atomic E-state index is 12.6. The number of benzene rings is 6. The van der Waals surface area contributed by atoms with Crippen molar-refractivity contribution in [2.24, 2.45) is 5.73 Å². The molecule has 1 aliphatic carbocycles. The van der Waals surface area contributed by atoms with Gasteiger partial charge in [0.05, 0.1) is 9.79 Å². The van der Waals surface area contributed by atoms with E-state index in [1.54, 1.807) is 18.2 Å². The van der Waals surface area contributed by atoms with Crippen molar-refractivity contribution < 1.29 is 50.8 Å². The van der Waals surface area contributed by atoms with Crippen LogP contribution < -0.4 is 10.5 Å². The first-order valence-corrected chi connectivity index (χ1v) is 20.1. The van der Waals surface area contributed by atoms with Gasteiger partial charge in [0.25, 0.3) is 26.1 Å². The molecule has 0 unspecified atom stereocenters. The van der Waals surface area contributed by atoms with Gasteiger partial charge in [0.15, 0.2) is 6.61 Å². The molecule has 0 saturated heterocycles. The number of amides is 1. The Balaban J connectivity index is 1.58. The summed E-state index contributed by atoms with van der Waals surface area (Å²) in [5.74, 6) is -1.65. The number of primary amides is 1. The third kappa shape index (κ3) is 7.95. The summed E-state index contributed by atoms with van der Waals surface area (Å²) in [5, 5.41) is 35.3. The quantitative estimate of drug-likeness (QED) is 0.100. The number of phenols is 3. The molecule has 0 heterocycles. The third-order valence-corrected chi connectivity index (χ3v) is 11.3. The number of nitrogens with two attached hydrogens (primary N) is 1. The highest BCUT2D eigenvalue weighted by atomic mass is 32.2. The lowest BCUT2D eigenvalue weighted by Gasteiger charge is -2.21. The maximum Gasteiger partial charge on any atom is 0.294 e. The van der Waals surface area contributed by atoms with Crippen LogP contribution >= 0.6 is 0 Å². The van der Waals surface area contributed by atoms with Gasteiger partial charge in [-0.05, 0) is 93.0 Å². The zero-order valence-electron chi connectivity index (χ0n) is 29.5. The van der Waals surface area contributed by atoms with Crippen LogP contribution in [-0.4, -0.2) is 53.8 Å². The van der Waals surface area contributed by atoms with Gasteiger partial charge in [-0.2, -0.15) is 16.8 Å². The number of ether oxygens (including phenoxy) is 1. The molecule has 0 atom stereocenters. The van der Waals surface area contributed by atoms with E-state index in [0.29, 0.717) is 27.8 Å². The Morgan fingerprint density at radius 2 is 0.804 bits per heavy atom. The predicted molar refractivity (Wildman–Crippen MR) is 207 cm³/mol. The molecule has 7 N–H and O–H groups in total. The van der Waals surface area contributed by atoms with Gasteiger partial charge in [-0.25, -0.2) is 0 Å². The highest BCUT2D eigenvalue weighted by molar-refractivity contribution is 7.86. The van der Waals surface area contributed by atoms with E-state index in [1.807, 2.05) is 66.7 Å². The third-order valence-electron chi connectivity index (χ3n) is 9.69. The maximum absolute atomic E-state index is 12.6. The summed E-state index contributed by atoms with van der Waals surface area (Å²) in [4.78, 5) is 10.9. The molecule has 0 aromatic heterocycles. The number of phenolic OH excluding ortho intramolecular Hbond substituents is 3. The van der Waals surface area contributed by atoms with Gasteiger partial charge >= 0.3 is 0 Å². The molecule has 0 spiro atoms. The van der Waals surface area contributed by atoms with E-state index in [2.05, 4.69) is 0 Å². The number of hydrogen-bond acceptors (Lipinski definition) is 9. The Bertz CT molecular complexity index is 2750. The van der Waals surface area contributed by atoms with Crippen molar-refractivity contribution in [1.82, 2.24) is 0 Å². The molecule has 0 fully saturated rings. The van der Waals surface area contributed by atoms with E-state index in [-0.39, 0.29) is 58.6 Å². The second-order valence-corrected chi connectivity index (χ2v) is 16.4. The fourth-order valence-electron chi connectivity index (χ4n) is 7.08. The zero-order chi connectivity index (χ0) is 39.9.